The van der Waals surface area contributed by atoms with Gasteiger partial charge in [-0.3, -0.25) is 4.79 Å². The van der Waals surface area contributed by atoms with Crippen LogP contribution in [0.1, 0.15) is 40.5 Å². The molecule has 0 unspecified atom stereocenters. The highest BCUT2D eigenvalue weighted by Crippen LogP contribution is 2.30. The molecule has 0 aliphatic carbocycles. The van der Waals surface area contributed by atoms with E-state index in [0.29, 0.717) is 31.2 Å². The predicted octanol–water partition coefficient (Wildman–Crippen LogP) is 4.02. The van der Waals surface area contributed by atoms with E-state index in [1.54, 1.807) is 18.9 Å². The van der Waals surface area contributed by atoms with Gasteiger partial charge >= 0.3 is 0 Å². The second-order valence-corrected chi connectivity index (χ2v) is 8.18. The van der Waals surface area contributed by atoms with E-state index < -0.39 is 0 Å². The van der Waals surface area contributed by atoms with Gasteiger partial charge in [-0.15, -0.1) is 11.8 Å². The minimum atomic E-state index is 0.0616. The molecular formula is C22H23N3O3S. The van der Waals surface area contributed by atoms with E-state index in [0.717, 1.165) is 27.5 Å². The molecule has 4 rings (SSSR count). The van der Waals surface area contributed by atoms with Crippen molar-refractivity contribution in [1.29, 1.82) is 0 Å². The van der Waals surface area contributed by atoms with Gasteiger partial charge in [-0.1, -0.05) is 42.4 Å². The van der Waals surface area contributed by atoms with Gasteiger partial charge in [0.05, 0.1) is 18.6 Å². The first-order chi connectivity index (χ1) is 14.2. The monoisotopic (exact) mass is 409 g/mol. The first kappa shape index (κ1) is 19.5. The maximum Gasteiger partial charge on any atom is 0.255 e. The van der Waals surface area contributed by atoms with Gasteiger partial charge in [-0.05, 0) is 24.0 Å². The molecule has 0 bridgehead atoms. The van der Waals surface area contributed by atoms with E-state index in [9.17, 15) is 4.79 Å². The summed E-state index contributed by atoms with van der Waals surface area (Å²) in [6.45, 7) is 3.28. The van der Waals surface area contributed by atoms with Crippen LogP contribution in [0, 0.1) is 0 Å². The van der Waals surface area contributed by atoms with Crippen molar-refractivity contribution in [3.8, 4) is 5.75 Å². The maximum absolute atomic E-state index is 12.8. The lowest BCUT2D eigenvalue weighted by atomic mass is 9.98. The molecule has 0 saturated carbocycles. The van der Waals surface area contributed by atoms with E-state index in [1.165, 1.54) is 0 Å². The standard InChI is InChI=1S/C22H23N3O3S/c1-3-29-19-11-7-5-9-17(19)22(26)25-13-16(14-25)21-23-20(24-28-21)12-15-8-4-6-10-18(15)27-2/h4-11,16H,3,12-14H2,1-2H3. The molecule has 29 heavy (non-hydrogen) atoms. The molecule has 2 aromatic carbocycles. The number of hydrogen-bond acceptors (Lipinski definition) is 6. The molecule has 0 atom stereocenters. The molecule has 7 heteroatoms. The highest BCUT2D eigenvalue weighted by molar-refractivity contribution is 7.99. The van der Waals surface area contributed by atoms with E-state index in [-0.39, 0.29) is 11.8 Å². The topological polar surface area (TPSA) is 68.5 Å². The summed E-state index contributed by atoms with van der Waals surface area (Å²) in [5, 5.41) is 4.11. The Morgan fingerprint density at radius 1 is 1.21 bits per heavy atom. The fourth-order valence-electron chi connectivity index (χ4n) is 3.42. The number of methoxy groups -OCH3 is 1. The van der Waals surface area contributed by atoms with Gasteiger partial charge in [-0.25, -0.2) is 0 Å². The molecule has 150 valence electrons. The second kappa shape index (κ2) is 8.69. The molecule has 6 nitrogen and oxygen atoms in total. The van der Waals surface area contributed by atoms with Crippen LogP contribution < -0.4 is 4.74 Å². The molecule has 1 aliphatic heterocycles. The Bertz CT molecular complexity index is 998. The smallest absolute Gasteiger partial charge is 0.255 e. The average Bonchev–Trinajstić information content (AvgIpc) is 3.16. The molecule has 3 aromatic rings. The van der Waals surface area contributed by atoms with Crippen LogP contribution in [-0.2, 0) is 6.42 Å². The molecule has 0 spiro atoms. The molecule has 1 aliphatic rings. The third-order valence-electron chi connectivity index (χ3n) is 4.96. The van der Waals surface area contributed by atoms with Crippen molar-refractivity contribution in [3.05, 3.63) is 71.4 Å². The van der Waals surface area contributed by atoms with Gasteiger partial charge in [-0.2, -0.15) is 4.98 Å². The SMILES string of the molecule is CCSc1ccccc1C(=O)N1CC(c2nc(Cc3ccccc3OC)no2)C1. The first-order valence-corrected chi connectivity index (χ1v) is 10.6. The van der Waals surface area contributed by atoms with Gasteiger partial charge in [0.15, 0.2) is 5.82 Å². The fraction of sp³-hybridized carbons (Fsp3) is 0.318. The Labute approximate surface area is 174 Å². The summed E-state index contributed by atoms with van der Waals surface area (Å²) in [6.07, 6.45) is 0.546. The number of carbonyl (C=O) groups is 1. The molecule has 0 N–H and O–H groups in total. The molecule has 1 amide bonds. The minimum Gasteiger partial charge on any atom is -0.496 e. The van der Waals surface area contributed by atoms with Crippen molar-refractivity contribution in [1.82, 2.24) is 15.0 Å². The van der Waals surface area contributed by atoms with Crippen LogP contribution in [-0.4, -0.2) is 46.9 Å². The molecule has 2 heterocycles. The number of carbonyl (C=O) groups excluding carboxylic acids is 1. The van der Waals surface area contributed by atoms with Gasteiger partial charge < -0.3 is 14.2 Å². The number of ether oxygens (including phenoxy) is 1. The zero-order valence-corrected chi connectivity index (χ0v) is 17.3. The Balaban J connectivity index is 1.39. The molecular weight excluding hydrogens is 386 g/mol. The van der Waals surface area contributed by atoms with Crippen LogP contribution in [0.5, 0.6) is 5.75 Å². The summed E-state index contributed by atoms with van der Waals surface area (Å²) in [7, 11) is 1.65. The maximum atomic E-state index is 12.8. The number of aromatic nitrogens is 2. The van der Waals surface area contributed by atoms with Gasteiger partial charge in [0.2, 0.25) is 5.89 Å². The lowest BCUT2D eigenvalue weighted by molar-refractivity contribution is 0.0565. The van der Waals surface area contributed by atoms with Crippen LogP contribution in [0.15, 0.2) is 57.9 Å². The van der Waals surface area contributed by atoms with Crippen LogP contribution in [0.25, 0.3) is 0 Å². The Morgan fingerprint density at radius 3 is 2.76 bits per heavy atom. The third kappa shape index (κ3) is 4.15. The number of likely N-dealkylation sites (tertiary alicyclic amines) is 1. The van der Waals surface area contributed by atoms with Crippen LogP contribution >= 0.6 is 11.8 Å². The number of thioether (sulfide) groups is 1. The van der Waals surface area contributed by atoms with Crippen LogP contribution in [0.3, 0.4) is 0 Å². The Hall–Kier alpha value is -2.80. The van der Waals surface area contributed by atoms with Gasteiger partial charge in [0.25, 0.3) is 5.91 Å². The largest absolute Gasteiger partial charge is 0.496 e. The van der Waals surface area contributed by atoms with Crippen molar-refractivity contribution < 1.29 is 14.1 Å². The summed E-state index contributed by atoms with van der Waals surface area (Å²) in [4.78, 5) is 20.3. The third-order valence-corrected chi connectivity index (χ3v) is 5.92. The summed E-state index contributed by atoms with van der Waals surface area (Å²) in [6, 6.07) is 15.6. The fourth-order valence-corrected chi connectivity index (χ4v) is 4.22. The number of para-hydroxylation sites is 1. The quantitative estimate of drug-likeness (QED) is 0.549. The van der Waals surface area contributed by atoms with Crippen molar-refractivity contribution in [2.75, 3.05) is 26.0 Å². The van der Waals surface area contributed by atoms with E-state index in [1.807, 2.05) is 53.4 Å². The number of amides is 1. The summed E-state index contributed by atoms with van der Waals surface area (Å²) < 4.78 is 10.8. The lowest BCUT2D eigenvalue weighted by Crippen LogP contribution is -2.48. The van der Waals surface area contributed by atoms with Crippen LogP contribution in [0.4, 0.5) is 0 Å². The lowest BCUT2D eigenvalue weighted by Gasteiger charge is -2.37. The highest BCUT2D eigenvalue weighted by atomic mass is 32.2. The normalized spacial score (nSPS) is 13.9. The molecule has 1 fully saturated rings. The molecule has 0 radical (unpaired) electrons. The van der Waals surface area contributed by atoms with Crippen LogP contribution in [0.2, 0.25) is 0 Å². The number of rotatable bonds is 7. The summed E-state index contributed by atoms with van der Waals surface area (Å²) >= 11 is 1.69. The number of nitrogens with zero attached hydrogens (tertiary/aromatic N) is 3. The van der Waals surface area contributed by atoms with E-state index >= 15 is 0 Å². The number of hydrogen-bond donors (Lipinski definition) is 0. The van der Waals surface area contributed by atoms with Crippen molar-refractivity contribution in [3.63, 3.8) is 0 Å². The first-order valence-electron chi connectivity index (χ1n) is 9.65. The molecule has 1 aromatic heterocycles. The van der Waals surface area contributed by atoms with E-state index in [4.69, 9.17) is 9.26 Å². The van der Waals surface area contributed by atoms with Crippen molar-refractivity contribution >= 4 is 17.7 Å². The van der Waals surface area contributed by atoms with Gasteiger partial charge in [0, 0.05) is 30.0 Å². The molecule has 1 saturated heterocycles. The van der Waals surface area contributed by atoms with Crippen molar-refractivity contribution in [2.24, 2.45) is 0 Å². The highest BCUT2D eigenvalue weighted by Gasteiger charge is 2.36. The second-order valence-electron chi connectivity index (χ2n) is 6.87. The predicted molar refractivity (Wildman–Crippen MR) is 112 cm³/mol. The Morgan fingerprint density at radius 2 is 1.97 bits per heavy atom. The number of benzene rings is 2. The van der Waals surface area contributed by atoms with Crippen molar-refractivity contribution in [2.45, 2.75) is 24.2 Å². The summed E-state index contributed by atoms with van der Waals surface area (Å²) in [5.41, 5.74) is 1.78. The Kier molecular flexibility index (Phi) is 5.85. The zero-order valence-electron chi connectivity index (χ0n) is 16.5. The van der Waals surface area contributed by atoms with E-state index in [2.05, 4.69) is 17.1 Å². The summed E-state index contributed by atoms with van der Waals surface area (Å²) in [5.74, 6) is 3.11. The zero-order chi connectivity index (χ0) is 20.2. The van der Waals surface area contributed by atoms with Gasteiger partial charge in [0.1, 0.15) is 5.75 Å². The average molecular weight is 410 g/mol. The minimum absolute atomic E-state index is 0.0616.